The van der Waals surface area contributed by atoms with Gasteiger partial charge in [0.1, 0.15) is 5.82 Å². The molecule has 0 aliphatic rings. The molecular weight excluding hydrogens is 331 g/mol. The van der Waals surface area contributed by atoms with Crippen molar-refractivity contribution >= 4 is 40.6 Å². The summed E-state index contributed by atoms with van der Waals surface area (Å²) in [4.78, 5) is 20.0. The Bertz CT molecular complexity index is 836. The van der Waals surface area contributed by atoms with Gasteiger partial charge in [0.25, 0.3) is 0 Å². The molecular formula is C18H12Cl2N2O. The van der Waals surface area contributed by atoms with E-state index in [2.05, 4.69) is 9.97 Å². The summed E-state index contributed by atoms with van der Waals surface area (Å²) in [5.41, 5.74) is 1.88. The van der Waals surface area contributed by atoms with E-state index < -0.39 is 0 Å². The van der Waals surface area contributed by atoms with Crippen LogP contribution < -0.4 is 0 Å². The summed E-state index contributed by atoms with van der Waals surface area (Å²) in [7, 11) is 0. The summed E-state index contributed by atoms with van der Waals surface area (Å²) in [6.07, 6.45) is 5.08. The number of carbonyl (C=O) groups excluding carboxylic acids is 1. The largest absolute Gasteiger partial charge is 0.345 e. The normalized spacial score (nSPS) is 11.5. The Balaban J connectivity index is 2.04. The van der Waals surface area contributed by atoms with Crippen molar-refractivity contribution in [2.24, 2.45) is 0 Å². The average molecular weight is 343 g/mol. The molecule has 0 aliphatic heterocycles. The van der Waals surface area contributed by atoms with Gasteiger partial charge in [-0.05, 0) is 48.0 Å². The zero-order valence-electron chi connectivity index (χ0n) is 12.0. The van der Waals surface area contributed by atoms with Gasteiger partial charge in [0.05, 0.1) is 5.57 Å². The smallest absolute Gasteiger partial charge is 0.196 e. The minimum atomic E-state index is -0.133. The Morgan fingerprint density at radius 3 is 2.13 bits per heavy atom. The second kappa shape index (κ2) is 6.82. The minimum absolute atomic E-state index is 0.133. The fourth-order valence-electron chi connectivity index (χ4n) is 2.14. The number of carbonyl (C=O) groups is 1. The first-order chi connectivity index (χ1) is 11.1. The van der Waals surface area contributed by atoms with Crippen LogP contribution in [0.25, 0.3) is 11.6 Å². The molecule has 0 fully saturated rings. The maximum absolute atomic E-state index is 12.8. The van der Waals surface area contributed by atoms with Gasteiger partial charge >= 0.3 is 0 Å². The highest BCUT2D eigenvalue weighted by Gasteiger charge is 2.16. The van der Waals surface area contributed by atoms with E-state index in [1.807, 2.05) is 12.1 Å². The number of hydrogen-bond acceptors (Lipinski definition) is 2. The van der Waals surface area contributed by atoms with Gasteiger partial charge in [-0.25, -0.2) is 4.98 Å². The van der Waals surface area contributed by atoms with E-state index >= 15 is 0 Å². The van der Waals surface area contributed by atoms with E-state index in [1.165, 1.54) is 0 Å². The number of nitrogens with one attached hydrogen (secondary N) is 1. The number of ketones is 1. The van der Waals surface area contributed by atoms with Crippen LogP contribution in [0.4, 0.5) is 0 Å². The number of aromatic amines is 1. The van der Waals surface area contributed by atoms with E-state index in [9.17, 15) is 4.79 Å². The van der Waals surface area contributed by atoms with Crippen LogP contribution >= 0.6 is 23.2 Å². The summed E-state index contributed by atoms with van der Waals surface area (Å²) in [6, 6.07) is 14.0. The fourth-order valence-corrected chi connectivity index (χ4v) is 2.39. The quantitative estimate of drug-likeness (QED) is 0.527. The lowest BCUT2D eigenvalue weighted by molar-refractivity contribution is 0.105. The van der Waals surface area contributed by atoms with Crippen LogP contribution in [0.3, 0.4) is 0 Å². The lowest BCUT2D eigenvalue weighted by Crippen LogP contribution is -2.04. The minimum Gasteiger partial charge on any atom is -0.345 e. The molecule has 1 aromatic heterocycles. The van der Waals surface area contributed by atoms with Gasteiger partial charge in [-0.3, -0.25) is 4.79 Å². The highest BCUT2D eigenvalue weighted by molar-refractivity contribution is 6.33. The second-order valence-corrected chi connectivity index (χ2v) is 5.76. The third-order valence-electron chi connectivity index (χ3n) is 3.29. The Morgan fingerprint density at radius 1 is 0.957 bits per heavy atom. The van der Waals surface area contributed by atoms with Crippen LogP contribution in [0.1, 0.15) is 21.7 Å². The molecule has 3 aromatic rings. The summed E-state index contributed by atoms with van der Waals surface area (Å²) in [6.45, 7) is 0. The lowest BCUT2D eigenvalue weighted by atomic mass is 10.0. The van der Waals surface area contributed by atoms with Gasteiger partial charge in [-0.1, -0.05) is 35.3 Å². The van der Waals surface area contributed by atoms with Crippen LogP contribution in [0.15, 0.2) is 60.9 Å². The first-order valence-electron chi connectivity index (χ1n) is 6.91. The molecule has 0 amide bonds. The molecule has 114 valence electrons. The van der Waals surface area contributed by atoms with Crippen LogP contribution in [-0.4, -0.2) is 15.8 Å². The molecule has 2 aromatic carbocycles. The third kappa shape index (κ3) is 3.70. The van der Waals surface area contributed by atoms with Crippen molar-refractivity contribution in [3.8, 4) is 0 Å². The number of aromatic nitrogens is 2. The number of allylic oxidation sites excluding steroid dienone is 1. The van der Waals surface area contributed by atoms with Gasteiger partial charge < -0.3 is 4.98 Å². The van der Waals surface area contributed by atoms with Crippen molar-refractivity contribution in [3.63, 3.8) is 0 Å². The summed E-state index contributed by atoms with van der Waals surface area (Å²) in [5, 5.41) is 1.23. The molecule has 5 heteroatoms. The molecule has 0 spiro atoms. The molecule has 0 atom stereocenters. The molecule has 0 saturated heterocycles. The van der Waals surface area contributed by atoms with E-state index in [0.29, 0.717) is 27.0 Å². The predicted molar refractivity (Wildman–Crippen MR) is 93.7 cm³/mol. The summed E-state index contributed by atoms with van der Waals surface area (Å²) in [5.74, 6) is 0.381. The molecule has 0 bridgehead atoms. The fraction of sp³-hybridized carbons (Fsp3) is 0. The monoisotopic (exact) mass is 342 g/mol. The molecule has 23 heavy (non-hydrogen) atoms. The van der Waals surface area contributed by atoms with Gasteiger partial charge in [-0.2, -0.15) is 0 Å². The maximum atomic E-state index is 12.8. The third-order valence-corrected chi connectivity index (χ3v) is 3.79. The Kier molecular flexibility index (Phi) is 4.60. The molecule has 0 aliphatic carbocycles. The Hall–Kier alpha value is -2.36. The summed E-state index contributed by atoms with van der Waals surface area (Å²) >= 11 is 11.8. The molecule has 0 unspecified atom stereocenters. The van der Waals surface area contributed by atoms with Gasteiger partial charge in [0.15, 0.2) is 5.78 Å². The average Bonchev–Trinajstić information content (AvgIpc) is 3.08. The zero-order valence-corrected chi connectivity index (χ0v) is 13.5. The highest BCUT2D eigenvalue weighted by Crippen LogP contribution is 2.22. The molecule has 3 nitrogen and oxygen atoms in total. The number of Topliss-reactive ketones (excluding diaryl/α,β-unsaturated/α-hetero) is 1. The standard InChI is InChI=1S/C18H12Cl2N2O/c19-14-5-1-12(2-6-14)11-16(18-21-9-10-22-18)17(23)13-3-7-15(20)8-4-13/h1-11H,(H,21,22). The van der Waals surface area contributed by atoms with E-state index in [1.54, 1.807) is 54.9 Å². The molecule has 3 rings (SSSR count). The van der Waals surface area contributed by atoms with Crippen molar-refractivity contribution in [1.29, 1.82) is 0 Å². The van der Waals surface area contributed by atoms with E-state index in [4.69, 9.17) is 23.2 Å². The topological polar surface area (TPSA) is 45.8 Å². The molecule has 0 radical (unpaired) electrons. The number of H-pyrrole nitrogens is 1. The van der Waals surface area contributed by atoms with E-state index in [-0.39, 0.29) is 5.78 Å². The maximum Gasteiger partial charge on any atom is 0.196 e. The molecule has 1 heterocycles. The Morgan fingerprint density at radius 2 is 1.57 bits per heavy atom. The van der Waals surface area contributed by atoms with Crippen LogP contribution in [-0.2, 0) is 0 Å². The van der Waals surface area contributed by atoms with E-state index in [0.717, 1.165) is 5.56 Å². The van der Waals surface area contributed by atoms with Gasteiger partial charge in [0.2, 0.25) is 0 Å². The van der Waals surface area contributed by atoms with Gasteiger partial charge in [-0.15, -0.1) is 0 Å². The van der Waals surface area contributed by atoms with Crippen molar-refractivity contribution in [2.75, 3.05) is 0 Å². The van der Waals surface area contributed by atoms with Crippen molar-refractivity contribution in [3.05, 3.63) is 87.9 Å². The van der Waals surface area contributed by atoms with Crippen molar-refractivity contribution < 1.29 is 4.79 Å². The predicted octanol–water partition coefficient (Wildman–Crippen LogP) is 5.14. The second-order valence-electron chi connectivity index (χ2n) is 4.88. The zero-order chi connectivity index (χ0) is 16.2. The first-order valence-corrected chi connectivity index (χ1v) is 7.66. The molecule has 0 saturated carbocycles. The van der Waals surface area contributed by atoms with Crippen molar-refractivity contribution in [1.82, 2.24) is 9.97 Å². The number of imidazole rings is 1. The number of benzene rings is 2. The number of nitrogens with zero attached hydrogens (tertiary/aromatic N) is 1. The first kappa shape index (κ1) is 15.5. The van der Waals surface area contributed by atoms with Crippen LogP contribution in [0.2, 0.25) is 10.0 Å². The molecule has 1 N–H and O–H groups in total. The highest BCUT2D eigenvalue weighted by atomic mass is 35.5. The van der Waals surface area contributed by atoms with Crippen LogP contribution in [0.5, 0.6) is 0 Å². The number of hydrogen-bond donors (Lipinski definition) is 1. The lowest BCUT2D eigenvalue weighted by Gasteiger charge is -2.05. The van der Waals surface area contributed by atoms with Gasteiger partial charge in [0, 0.05) is 28.0 Å². The van der Waals surface area contributed by atoms with Crippen molar-refractivity contribution in [2.45, 2.75) is 0 Å². The summed E-state index contributed by atoms with van der Waals surface area (Å²) < 4.78 is 0. The number of rotatable bonds is 4. The SMILES string of the molecule is O=C(C(=Cc1ccc(Cl)cc1)c1ncc[nH]1)c1ccc(Cl)cc1. The number of halogens is 2. The Labute approximate surface area is 143 Å². The van der Waals surface area contributed by atoms with Crippen LogP contribution in [0, 0.1) is 0 Å².